The summed E-state index contributed by atoms with van der Waals surface area (Å²) in [6, 6.07) is 20.4. The Morgan fingerprint density at radius 2 is 1.83 bits per heavy atom. The quantitative estimate of drug-likeness (QED) is 0.581. The molecule has 3 aromatic rings. The minimum absolute atomic E-state index is 0.469. The number of pyridine rings is 1. The largest absolute Gasteiger partial charge is 0.474 e. The van der Waals surface area contributed by atoms with Gasteiger partial charge in [-0.25, -0.2) is 9.78 Å². The van der Waals surface area contributed by atoms with Gasteiger partial charge in [-0.05, 0) is 36.5 Å². The van der Waals surface area contributed by atoms with Gasteiger partial charge in [0.15, 0.2) is 0 Å². The maximum absolute atomic E-state index is 11.3. The molecule has 1 aromatic heterocycles. The number of aromatic nitrogens is 1. The van der Waals surface area contributed by atoms with E-state index in [2.05, 4.69) is 28.8 Å². The molecule has 0 radical (unpaired) electrons. The summed E-state index contributed by atoms with van der Waals surface area (Å²) < 4.78 is 5.78. The number of hydrogen-bond donors (Lipinski definition) is 3. The van der Waals surface area contributed by atoms with Crippen molar-refractivity contribution in [2.75, 3.05) is 18.5 Å². The molecule has 1 aliphatic carbocycles. The zero-order valence-electron chi connectivity index (χ0n) is 16.5. The zero-order chi connectivity index (χ0) is 20.6. The summed E-state index contributed by atoms with van der Waals surface area (Å²) in [4.78, 5) is 16.1. The molecule has 0 unspecified atom stereocenters. The van der Waals surface area contributed by atoms with Crippen LogP contribution in [0.1, 0.15) is 24.8 Å². The van der Waals surface area contributed by atoms with Crippen molar-refractivity contribution in [2.24, 2.45) is 0 Å². The molecule has 5 rings (SSSR count). The molecule has 0 bridgehead atoms. The lowest BCUT2D eigenvalue weighted by Crippen LogP contribution is -2.50. The van der Waals surface area contributed by atoms with Crippen LogP contribution in [0.4, 0.5) is 10.5 Å². The van der Waals surface area contributed by atoms with Crippen molar-refractivity contribution >= 4 is 11.8 Å². The van der Waals surface area contributed by atoms with Gasteiger partial charge in [0, 0.05) is 17.7 Å². The van der Waals surface area contributed by atoms with Crippen molar-refractivity contribution in [1.29, 1.82) is 0 Å². The number of nitrogens with one attached hydrogen (secondary N) is 2. The van der Waals surface area contributed by atoms with E-state index < -0.39 is 11.6 Å². The van der Waals surface area contributed by atoms with E-state index in [0.717, 1.165) is 59.4 Å². The van der Waals surface area contributed by atoms with Crippen LogP contribution in [0.25, 0.3) is 22.4 Å². The smallest absolute Gasteiger partial charge is 0.405 e. The van der Waals surface area contributed by atoms with Crippen LogP contribution < -0.4 is 15.4 Å². The Morgan fingerprint density at radius 3 is 2.50 bits per heavy atom. The molecule has 1 aliphatic heterocycles. The number of nitrogens with zero attached hydrogens (tertiary/aromatic N) is 1. The predicted molar refractivity (Wildman–Crippen MR) is 116 cm³/mol. The van der Waals surface area contributed by atoms with Crippen molar-refractivity contribution < 1.29 is 14.6 Å². The molecular weight excluding hydrogens is 378 g/mol. The summed E-state index contributed by atoms with van der Waals surface area (Å²) in [7, 11) is 0. The summed E-state index contributed by atoms with van der Waals surface area (Å²) in [5, 5.41) is 15.3. The lowest BCUT2D eigenvalue weighted by atomic mass is 9.71. The fourth-order valence-electron chi connectivity index (χ4n) is 4.29. The van der Waals surface area contributed by atoms with E-state index in [4.69, 9.17) is 9.72 Å². The van der Waals surface area contributed by atoms with Gasteiger partial charge in [-0.1, -0.05) is 54.6 Å². The SMILES string of the molecule is O=C(O)NC1(c2ccc(-c3nc4c(cc3-c3ccccc3)NCCO4)cc2)CCC1. The van der Waals surface area contributed by atoms with Crippen molar-refractivity contribution in [3.63, 3.8) is 0 Å². The van der Waals surface area contributed by atoms with Crippen LogP contribution in [0, 0.1) is 0 Å². The number of ether oxygens (including phenoxy) is 1. The fourth-order valence-corrected chi connectivity index (χ4v) is 4.29. The summed E-state index contributed by atoms with van der Waals surface area (Å²) in [6.07, 6.45) is 1.69. The van der Waals surface area contributed by atoms with Gasteiger partial charge < -0.3 is 20.5 Å². The Hall–Kier alpha value is -3.54. The molecule has 3 N–H and O–H groups in total. The van der Waals surface area contributed by atoms with E-state index in [-0.39, 0.29) is 0 Å². The predicted octanol–water partition coefficient (Wildman–Crippen LogP) is 4.87. The molecule has 6 heteroatoms. The number of amides is 1. The minimum Gasteiger partial charge on any atom is -0.474 e. The molecule has 152 valence electrons. The number of carboxylic acid groups (broad SMARTS) is 1. The number of rotatable bonds is 4. The van der Waals surface area contributed by atoms with Gasteiger partial charge in [0.25, 0.3) is 0 Å². The van der Waals surface area contributed by atoms with E-state index >= 15 is 0 Å². The molecule has 1 amide bonds. The molecule has 0 saturated heterocycles. The molecule has 0 atom stereocenters. The van der Waals surface area contributed by atoms with Gasteiger partial charge in [-0.2, -0.15) is 0 Å². The normalized spacial score (nSPS) is 16.4. The van der Waals surface area contributed by atoms with E-state index in [9.17, 15) is 9.90 Å². The molecule has 1 saturated carbocycles. The van der Waals surface area contributed by atoms with Crippen molar-refractivity contribution in [3.8, 4) is 28.3 Å². The monoisotopic (exact) mass is 401 g/mol. The third kappa shape index (κ3) is 3.24. The third-order valence-corrected chi connectivity index (χ3v) is 5.99. The van der Waals surface area contributed by atoms with E-state index in [1.165, 1.54) is 0 Å². The van der Waals surface area contributed by atoms with E-state index in [1.54, 1.807) is 0 Å². The number of hydrogen-bond acceptors (Lipinski definition) is 4. The van der Waals surface area contributed by atoms with Crippen molar-refractivity contribution in [3.05, 3.63) is 66.2 Å². The zero-order valence-corrected chi connectivity index (χ0v) is 16.5. The molecular formula is C24H23N3O3. The lowest BCUT2D eigenvalue weighted by molar-refractivity contribution is 0.144. The van der Waals surface area contributed by atoms with Gasteiger partial charge in [0.05, 0.1) is 16.9 Å². The Balaban J connectivity index is 1.57. The van der Waals surface area contributed by atoms with Gasteiger partial charge in [-0.3, -0.25) is 0 Å². The van der Waals surface area contributed by atoms with E-state index in [1.807, 2.05) is 42.5 Å². The Morgan fingerprint density at radius 1 is 1.07 bits per heavy atom. The van der Waals surface area contributed by atoms with Crippen molar-refractivity contribution in [2.45, 2.75) is 24.8 Å². The first-order valence-electron chi connectivity index (χ1n) is 10.2. The summed E-state index contributed by atoms with van der Waals surface area (Å²) >= 11 is 0. The van der Waals surface area contributed by atoms with Crippen LogP contribution in [-0.4, -0.2) is 29.3 Å². The number of fused-ring (bicyclic) bond motifs is 1. The number of carbonyl (C=O) groups is 1. The second kappa shape index (κ2) is 7.37. The second-order valence-electron chi connectivity index (χ2n) is 7.82. The fraction of sp³-hybridized carbons (Fsp3) is 0.250. The molecule has 2 aromatic carbocycles. The van der Waals surface area contributed by atoms with Gasteiger partial charge >= 0.3 is 6.09 Å². The van der Waals surface area contributed by atoms with Crippen LogP contribution in [0.15, 0.2) is 60.7 Å². The highest BCUT2D eigenvalue weighted by Gasteiger charge is 2.40. The highest BCUT2D eigenvalue weighted by atomic mass is 16.5. The molecule has 2 heterocycles. The second-order valence-corrected chi connectivity index (χ2v) is 7.82. The van der Waals surface area contributed by atoms with Crippen LogP contribution >= 0.6 is 0 Å². The topological polar surface area (TPSA) is 83.5 Å². The summed E-state index contributed by atoms with van der Waals surface area (Å²) in [6.45, 7) is 1.35. The van der Waals surface area contributed by atoms with Crippen LogP contribution in [-0.2, 0) is 5.54 Å². The Bertz CT molecular complexity index is 1080. The average molecular weight is 401 g/mol. The highest BCUT2D eigenvalue weighted by Crippen LogP contribution is 2.43. The number of benzene rings is 2. The minimum atomic E-state index is -0.980. The molecule has 6 nitrogen and oxygen atoms in total. The first-order valence-corrected chi connectivity index (χ1v) is 10.2. The standard InChI is InChI=1S/C24H23N3O3/c28-23(29)27-24(11-4-12-24)18-9-7-17(8-10-18)21-19(16-5-2-1-3-6-16)15-20-22(26-21)30-14-13-25-20/h1-3,5-10,15,25,27H,4,11-14H2,(H,28,29). The lowest BCUT2D eigenvalue weighted by Gasteiger charge is -2.42. The van der Waals surface area contributed by atoms with Crippen molar-refractivity contribution in [1.82, 2.24) is 10.3 Å². The first-order chi connectivity index (χ1) is 14.6. The summed E-state index contributed by atoms with van der Waals surface area (Å²) in [5.74, 6) is 0.614. The molecule has 2 aliphatic rings. The third-order valence-electron chi connectivity index (χ3n) is 5.99. The van der Waals surface area contributed by atoms with Crippen LogP contribution in [0.2, 0.25) is 0 Å². The Labute approximate surface area is 174 Å². The van der Waals surface area contributed by atoms with Gasteiger partial charge in [0.2, 0.25) is 5.88 Å². The van der Waals surface area contributed by atoms with Gasteiger partial charge in [-0.15, -0.1) is 0 Å². The molecule has 1 fully saturated rings. The van der Waals surface area contributed by atoms with E-state index in [0.29, 0.717) is 12.5 Å². The van der Waals surface area contributed by atoms with Crippen LogP contribution in [0.5, 0.6) is 5.88 Å². The maximum Gasteiger partial charge on any atom is 0.405 e. The Kier molecular flexibility index (Phi) is 4.54. The maximum atomic E-state index is 11.3. The molecule has 30 heavy (non-hydrogen) atoms. The highest BCUT2D eigenvalue weighted by molar-refractivity contribution is 5.84. The summed E-state index contributed by atoms with van der Waals surface area (Å²) in [5.41, 5.74) is 5.37. The van der Waals surface area contributed by atoms with Gasteiger partial charge in [0.1, 0.15) is 6.61 Å². The molecule has 0 spiro atoms. The first kappa shape index (κ1) is 18.5. The van der Waals surface area contributed by atoms with Crippen LogP contribution in [0.3, 0.4) is 0 Å². The average Bonchev–Trinajstić information content (AvgIpc) is 2.76. The number of anilines is 1.